The molecule has 5 nitrogen and oxygen atoms in total. The smallest absolute Gasteiger partial charge is 0.218 e. The van der Waals surface area contributed by atoms with Crippen molar-refractivity contribution in [3.05, 3.63) is 41.9 Å². The molecular weight excluding hydrogens is 218 g/mol. The van der Waals surface area contributed by atoms with Crippen LogP contribution in [-0.4, -0.2) is 23.9 Å². The summed E-state index contributed by atoms with van der Waals surface area (Å²) in [5, 5.41) is 12.5. The van der Waals surface area contributed by atoms with Crippen LogP contribution in [0.4, 0.5) is 5.69 Å². The van der Waals surface area contributed by atoms with E-state index in [4.69, 9.17) is 0 Å². The minimum Gasteiger partial charge on any atom is -0.493 e. The van der Waals surface area contributed by atoms with Crippen LogP contribution in [0, 0.1) is 0 Å². The minimum absolute atomic E-state index is 0.0338. The van der Waals surface area contributed by atoms with E-state index >= 15 is 0 Å². The van der Waals surface area contributed by atoms with Gasteiger partial charge in [-0.25, -0.2) is 0 Å². The summed E-state index contributed by atoms with van der Waals surface area (Å²) >= 11 is 0. The highest BCUT2D eigenvalue weighted by molar-refractivity contribution is 6.06. The number of amides is 1. The van der Waals surface area contributed by atoms with Crippen molar-refractivity contribution >= 4 is 17.8 Å². The third-order valence-corrected chi connectivity index (χ3v) is 2.51. The Balaban J connectivity index is 2.44. The van der Waals surface area contributed by atoms with Crippen LogP contribution < -0.4 is 10.2 Å². The molecule has 1 amide bonds. The van der Waals surface area contributed by atoms with Crippen molar-refractivity contribution in [2.45, 2.75) is 6.92 Å². The molecule has 1 heterocycles. The molecule has 0 saturated carbocycles. The third kappa shape index (κ3) is 2.13. The second-order valence-electron chi connectivity index (χ2n) is 3.59. The lowest BCUT2D eigenvalue weighted by Gasteiger charge is -2.24. The lowest BCUT2D eigenvalue weighted by Crippen LogP contribution is -2.34. The molecule has 0 spiro atoms. The first kappa shape index (κ1) is 11.2. The number of anilines is 1. The van der Waals surface area contributed by atoms with Crippen LogP contribution in [0.3, 0.4) is 0 Å². The Hall–Kier alpha value is -2.30. The Kier molecular flexibility index (Phi) is 3.09. The first-order chi connectivity index (χ1) is 8.24. The molecule has 0 atom stereocenters. The quantitative estimate of drug-likeness (QED) is 0.773. The van der Waals surface area contributed by atoms with Gasteiger partial charge in [-0.3, -0.25) is 14.7 Å². The van der Waals surface area contributed by atoms with Crippen LogP contribution in [0.15, 0.2) is 46.9 Å². The van der Waals surface area contributed by atoms with Gasteiger partial charge in [-0.1, -0.05) is 18.2 Å². The number of allylic oxidation sites excluding steroid dienone is 1. The maximum absolute atomic E-state index is 11.2. The molecule has 1 aliphatic rings. The summed E-state index contributed by atoms with van der Waals surface area (Å²) in [6.45, 7) is 2.08. The predicted molar refractivity (Wildman–Crippen MR) is 65.8 cm³/mol. The second kappa shape index (κ2) is 4.69. The van der Waals surface area contributed by atoms with Gasteiger partial charge in [0.05, 0.1) is 5.71 Å². The number of hydrogen-bond donors (Lipinski definition) is 2. The van der Waals surface area contributed by atoms with Crippen molar-refractivity contribution in [1.29, 1.82) is 0 Å². The highest BCUT2D eigenvalue weighted by Crippen LogP contribution is 2.20. The van der Waals surface area contributed by atoms with Crippen molar-refractivity contribution in [3.63, 3.8) is 0 Å². The van der Waals surface area contributed by atoms with Crippen LogP contribution >= 0.6 is 0 Å². The number of aliphatic imine (C=N–C) groups is 1. The summed E-state index contributed by atoms with van der Waals surface area (Å²) < 4.78 is 0. The summed E-state index contributed by atoms with van der Waals surface area (Å²) in [6.07, 6.45) is 0.660. The van der Waals surface area contributed by atoms with E-state index in [0.717, 1.165) is 0 Å². The normalized spacial score (nSPS) is 15.0. The Labute approximate surface area is 99.1 Å². The maximum Gasteiger partial charge on any atom is 0.218 e. The molecule has 1 aliphatic heterocycles. The van der Waals surface area contributed by atoms with Gasteiger partial charge in [0.25, 0.3) is 0 Å². The van der Waals surface area contributed by atoms with Gasteiger partial charge in [0.2, 0.25) is 12.3 Å². The number of carbonyl (C=O) groups is 1. The molecule has 0 aliphatic carbocycles. The summed E-state index contributed by atoms with van der Waals surface area (Å²) in [7, 11) is 0. The fourth-order valence-electron chi connectivity index (χ4n) is 1.68. The molecule has 1 aromatic carbocycles. The van der Waals surface area contributed by atoms with Crippen LogP contribution in [0.25, 0.3) is 0 Å². The molecule has 0 aromatic heterocycles. The van der Waals surface area contributed by atoms with Crippen molar-refractivity contribution in [3.8, 4) is 0 Å². The average molecular weight is 231 g/mol. The summed E-state index contributed by atoms with van der Waals surface area (Å²) in [5.41, 5.74) is 1.69. The van der Waals surface area contributed by atoms with E-state index < -0.39 is 0 Å². The predicted octanol–water partition coefficient (Wildman–Crippen LogP) is 1.40. The van der Waals surface area contributed by atoms with Gasteiger partial charge in [0.1, 0.15) is 12.4 Å². The monoisotopic (exact) mass is 231 g/mol. The van der Waals surface area contributed by atoms with Crippen LogP contribution in [0.2, 0.25) is 0 Å². The third-order valence-electron chi connectivity index (χ3n) is 2.51. The van der Waals surface area contributed by atoms with E-state index in [-0.39, 0.29) is 5.88 Å². The molecule has 5 heteroatoms. The zero-order valence-corrected chi connectivity index (χ0v) is 9.42. The molecule has 2 rings (SSSR count). The molecular formula is C12H13N3O2. The number of nitrogens with one attached hydrogen (secondary N) is 1. The minimum atomic E-state index is -0.0338. The highest BCUT2D eigenvalue weighted by Gasteiger charge is 2.21. The lowest BCUT2D eigenvalue weighted by molar-refractivity contribution is -0.107. The standard InChI is InChI=1S/C12H13N3O2/c1-9-11(12(17)14-7-13-9)15(8-16)10-5-3-2-4-6-10/h2-6,8,14,17H,7H2,1H3. The van der Waals surface area contributed by atoms with Gasteiger partial charge in [0, 0.05) is 5.69 Å². The van der Waals surface area contributed by atoms with Crippen molar-refractivity contribution in [2.75, 3.05) is 11.6 Å². The van der Waals surface area contributed by atoms with E-state index in [1.807, 2.05) is 18.2 Å². The van der Waals surface area contributed by atoms with Gasteiger partial charge in [-0.2, -0.15) is 0 Å². The van der Waals surface area contributed by atoms with Gasteiger partial charge in [-0.05, 0) is 19.1 Å². The zero-order chi connectivity index (χ0) is 12.3. The Morgan fingerprint density at radius 1 is 1.41 bits per heavy atom. The molecule has 0 bridgehead atoms. The lowest BCUT2D eigenvalue weighted by atomic mass is 10.2. The van der Waals surface area contributed by atoms with E-state index in [1.165, 1.54) is 4.90 Å². The number of carbonyl (C=O) groups excluding carboxylic acids is 1. The number of aliphatic hydroxyl groups excluding tert-OH is 1. The number of benzene rings is 1. The van der Waals surface area contributed by atoms with E-state index in [1.54, 1.807) is 19.1 Å². The first-order valence-electron chi connectivity index (χ1n) is 5.22. The molecule has 17 heavy (non-hydrogen) atoms. The van der Waals surface area contributed by atoms with E-state index in [0.29, 0.717) is 30.2 Å². The largest absolute Gasteiger partial charge is 0.493 e. The molecule has 0 fully saturated rings. The van der Waals surface area contributed by atoms with Crippen LogP contribution in [0.5, 0.6) is 0 Å². The number of nitrogens with zero attached hydrogens (tertiary/aromatic N) is 2. The summed E-state index contributed by atoms with van der Waals surface area (Å²) in [5.74, 6) is -0.0338. The first-order valence-corrected chi connectivity index (χ1v) is 5.22. The number of hydrogen-bond acceptors (Lipinski definition) is 4. The van der Waals surface area contributed by atoms with Gasteiger partial charge in [-0.15, -0.1) is 0 Å². The van der Waals surface area contributed by atoms with Crippen molar-refractivity contribution < 1.29 is 9.90 Å². The highest BCUT2D eigenvalue weighted by atomic mass is 16.3. The van der Waals surface area contributed by atoms with E-state index in [9.17, 15) is 9.90 Å². The van der Waals surface area contributed by atoms with Gasteiger partial charge in [0.15, 0.2) is 0 Å². The Morgan fingerprint density at radius 3 is 2.71 bits per heavy atom. The topological polar surface area (TPSA) is 64.9 Å². The molecule has 88 valence electrons. The van der Waals surface area contributed by atoms with Gasteiger partial charge >= 0.3 is 0 Å². The van der Waals surface area contributed by atoms with Crippen LogP contribution in [-0.2, 0) is 4.79 Å². The average Bonchev–Trinajstić information content (AvgIpc) is 2.35. The second-order valence-corrected chi connectivity index (χ2v) is 3.59. The summed E-state index contributed by atoms with van der Waals surface area (Å²) in [6, 6.07) is 9.09. The van der Waals surface area contributed by atoms with Gasteiger partial charge < -0.3 is 10.4 Å². The Bertz CT molecular complexity index is 480. The van der Waals surface area contributed by atoms with E-state index in [2.05, 4.69) is 10.3 Å². The zero-order valence-electron chi connectivity index (χ0n) is 9.42. The molecule has 2 N–H and O–H groups in total. The maximum atomic E-state index is 11.2. The molecule has 0 radical (unpaired) electrons. The fourth-order valence-corrected chi connectivity index (χ4v) is 1.68. The molecule has 0 saturated heterocycles. The summed E-state index contributed by atoms with van der Waals surface area (Å²) in [4.78, 5) is 16.7. The number of aliphatic hydroxyl groups is 1. The fraction of sp³-hybridized carbons (Fsp3) is 0.167. The number of rotatable bonds is 3. The molecule has 0 unspecified atom stereocenters. The molecule has 1 aromatic rings. The van der Waals surface area contributed by atoms with Crippen molar-refractivity contribution in [1.82, 2.24) is 5.32 Å². The van der Waals surface area contributed by atoms with Crippen molar-refractivity contribution in [2.24, 2.45) is 4.99 Å². The Morgan fingerprint density at radius 2 is 2.12 bits per heavy atom. The number of para-hydroxylation sites is 1. The SMILES string of the molecule is CC1=NCNC(O)=C1N(C=O)c1ccccc1. The van der Waals surface area contributed by atoms with Crippen LogP contribution in [0.1, 0.15) is 6.92 Å².